The lowest BCUT2D eigenvalue weighted by molar-refractivity contribution is -0.118. The zero-order valence-corrected chi connectivity index (χ0v) is 9.33. The molecule has 94 valence electrons. The fourth-order valence-corrected chi connectivity index (χ4v) is 1.57. The Morgan fingerprint density at radius 2 is 2.18 bits per heavy atom. The molecule has 2 heterocycles. The number of hydrogen-bond acceptors (Lipinski definition) is 7. The molecule has 0 aliphatic carbocycles. The number of nitrogens with two attached hydrogens (primary N) is 2. The fourth-order valence-electron chi connectivity index (χ4n) is 1.57. The number of primary amides is 1. The third kappa shape index (κ3) is 2.92. The van der Waals surface area contributed by atoms with Crippen LogP contribution in [0.1, 0.15) is 18.4 Å². The maximum atomic E-state index is 10.7. The van der Waals surface area contributed by atoms with Gasteiger partial charge in [0.1, 0.15) is 0 Å². The van der Waals surface area contributed by atoms with Crippen molar-refractivity contribution in [3.8, 4) is 0 Å². The molecule has 1 aliphatic heterocycles. The predicted octanol–water partition coefficient (Wildman–Crippen LogP) is -1.22. The van der Waals surface area contributed by atoms with Gasteiger partial charge in [-0.15, -0.1) is 0 Å². The molecular formula is C9H15N5O3. The van der Waals surface area contributed by atoms with E-state index in [1.54, 1.807) is 0 Å². The third-order valence-electron chi connectivity index (χ3n) is 2.46. The van der Waals surface area contributed by atoms with Gasteiger partial charge in [-0.2, -0.15) is 4.98 Å². The summed E-state index contributed by atoms with van der Waals surface area (Å²) in [5.41, 5.74) is 10.7. The van der Waals surface area contributed by atoms with E-state index in [1.165, 1.54) is 0 Å². The van der Waals surface area contributed by atoms with Crippen molar-refractivity contribution >= 4 is 11.9 Å². The van der Waals surface area contributed by atoms with Crippen molar-refractivity contribution in [2.75, 3.05) is 31.2 Å². The van der Waals surface area contributed by atoms with Crippen LogP contribution in [0.25, 0.3) is 0 Å². The Hall–Kier alpha value is -1.67. The van der Waals surface area contributed by atoms with Gasteiger partial charge in [0.05, 0.1) is 25.7 Å². The van der Waals surface area contributed by atoms with Crippen molar-refractivity contribution in [1.29, 1.82) is 0 Å². The van der Waals surface area contributed by atoms with Gasteiger partial charge in [0.2, 0.25) is 11.8 Å². The number of rotatable bonds is 4. The van der Waals surface area contributed by atoms with Crippen LogP contribution < -0.4 is 16.4 Å². The van der Waals surface area contributed by atoms with Crippen molar-refractivity contribution < 1.29 is 14.1 Å². The summed E-state index contributed by atoms with van der Waals surface area (Å²) < 4.78 is 10.2. The van der Waals surface area contributed by atoms with E-state index in [2.05, 4.69) is 10.1 Å². The molecule has 0 radical (unpaired) electrons. The average Bonchev–Trinajstić information content (AvgIpc) is 2.78. The maximum Gasteiger partial charge on any atom is 0.266 e. The molecule has 0 aromatic carbocycles. The number of hydrogen-bond donors (Lipinski definition) is 2. The van der Waals surface area contributed by atoms with Gasteiger partial charge < -0.3 is 25.6 Å². The number of amides is 1. The van der Waals surface area contributed by atoms with Crippen molar-refractivity contribution in [3.05, 3.63) is 5.89 Å². The highest BCUT2D eigenvalue weighted by Gasteiger charge is 2.21. The largest absolute Gasteiger partial charge is 0.378 e. The summed E-state index contributed by atoms with van der Waals surface area (Å²) in [4.78, 5) is 16.8. The zero-order valence-electron chi connectivity index (χ0n) is 9.33. The molecule has 8 nitrogen and oxygen atoms in total. The Balaban J connectivity index is 2.01. The lowest BCUT2D eigenvalue weighted by Gasteiger charge is -2.24. The van der Waals surface area contributed by atoms with Gasteiger partial charge in [-0.3, -0.25) is 4.79 Å². The van der Waals surface area contributed by atoms with E-state index < -0.39 is 11.9 Å². The lowest BCUT2D eigenvalue weighted by Crippen LogP contribution is -2.36. The molecule has 1 saturated heterocycles. The molecule has 2 rings (SSSR count). The second-order valence-corrected chi connectivity index (χ2v) is 3.81. The van der Waals surface area contributed by atoms with Crippen molar-refractivity contribution in [2.24, 2.45) is 11.5 Å². The lowest BCUT2D eigenvalue weighted by atomic mass is 10.2. The monoisotopic (exact) mass is 241 g/mol. The van der Waals surface area contributed by atoms with Crippen LogP contribution in [0.3, 0.4) is 0 Å². The van der Waals surface area contributed by atoms with Crippen LogP contribution in [0.15, 0.2) is 4.52 Å². The quantitative estimate of drug-likeness (QED) is 0.677. The number of aromatic nitrogens is 2. The number of morpholine rings is 1. The molecule has 0 saturated carbocycles. The topological polar surface area (TPSA) is 120 Å². The zero-order chi connectivity index (χ0) is 12.3. The van der Waals surface area contributed by atoms with Crippen LogP contribution in [-0.2, 0) is 9.53 Å². The summed E-state index contributed by atoms with van der Waals surface area (Å²) in [5, 5.41) is 3.82. The molecule has 1 atom stereocenters. The summed E-state index contributed by atoms with van der Waals surface area (Å²) >= 11 is 0. The van der Waals surface area contributed by atoms with Crippen molar-refractivity contribution in [1.82, 2.24) is 10.1 Å². The van der Waals surface area contributed by atoms with Crippen LogP contribution in [0.5, 0.6) is 0 Å². The van der Waals surface area contributed by atoms with Crippen LogP contribution in [0.4, 0.5) is 5.95 Å². The van der Waals surface area contributed by atoms with E-state index in [9.17, 15) is 4.79 Å². The minimum Gasteiger partial charge on any atom is -0.378 e. The summed E-state index contributed by atoms with van der Waals surface area (Å²) in [5.74, 6) is 0.206. The smallest absolute Gasteiger partial charge is 0.266 e. The van der Waals surface area contributed by atoms with Crippen LogP contribution in [0.2, 0.25) is 0 Å². The van der Waals surface area contributed by atoms with Crippen LogP contribution in [0, 0.1) is 0 Å². The van der Waals surface area contributed by atoms with E-state index in [0.717, 1.165) is 0 Å². The first-order valence-electron chi connectivity index (χ1n) is 5.37. The molecule has 1 amide bonds. The first kappa shape index (κ1) is 11.8. The normalized spacial score (nSPS) is 18.1. The minimum absolute atomic E-state index is 0.00918. The third-order valence-corrected chi connectivity index (χ3v) is 2.46. The van der Waals surface area contributed by atoms with E-state index in [1.807, 2.05) is 4.90 Å². The summed E-state index contributed by atoms with van der Waals surface area (Å²) in [6, 6.07) is -0.644. The average molecular weight is 241 g/mol. The van der Waals surface area contributed by atoms with Gasteiger partial charge in [-0.25, -0.2) is 0 Å². The van der Waals surface area contributed by atoms with E-state index >= 15 is 0 Å². The van der Waals surface area contributed by atoms with E-state index in [4.69, 9.17) is 20.7 Å². The first-order chi connectivity index (χ1) is 8.16. The number of carbonyl (C=O) groups excluding carboxylic acids is 1. The molecular weight excluding hydrogens is 226 g/mol. The molecule has 17 heavy (non-hydrogen) atoms. The molecule has 1 aromatic heterocycles. The molecule has 8 heteroatoms. The summed E-state index contributed by atoms with van der Waals surface area (Å²) in [7, 11) is 0. The summed E-state index contributed by atoms with van der Waals surface area (Å²) in [6.45, 7) is 2.70. The SMILES string of the molecule is NC(=O)CC(N)c1nc(N2CCOCC2)no1. The molecule has 1 aromatic rings. The number of carbonyl (C=O) groups is 1. The standard InChI is InChI=1S/C9H15N5O3/c10-6(5-7(11)15)8-12-9(13-17-8)14-1-3-16-4-2-14/h6H,1-5,10H2,(H2,11,15). The second-order valence-electron chi connectivity index (χ2n) is 3.81. The van der Waals surface area contributed by atoms with Gasteiger partial charge in [-0.05, 0) is 5.16 Å². The highest BCUT2D eigenvalue weighted by molar-refractivity contribution is 5.74. The van der Waals surface area contributed by atoms with Crippen LogP contribution >= 0.6 is 0 Å². The first-order valence-corrected chi connectivity index (χ1v) is 5.37. The number of ether oxygens (including phenoxy) is 1. The number of anilines is 1. The number of nitrogens with zero attached hydrogens (tertiary/aromatic N) is 3. The Morgan fingerprint density at radius 1 is 1.47 bits per heavy atom. The van der Waals surface area contributed by atoms with Gasteiger partial charge in [0.25, 0.3) is 5.95 Å². The fraction of sp³-hybridized carbons (Fsp3) is 0.667. The van der Waals surface area contributed by atoms with Crippen molar-refractivity contribution in [2.45, 2.75) is 12.5 Å². The molecule has 0 bridgehead atoms. The van der Waals surface area contributed by atoms with E-state index in [-0.39, 0.29) is 12.3 Å². The Bertz CT molecular complexity index is 388. The van der Waals surface area contributed by atoms with Gasteiger partial charge in [0, 0.05) is 13.1 Å². The van der Waals surface area contributed by atoms with Gasteiger partial charge in [-0.1, -0.05) is 0 Å². The molecule has 1 fully saturated rings. The highest BCUT2D eigenvalue weighted by Crippen LogP contribution is 2.16. The van der Waals surface area contributed by atoms with Gasteiger partial charge >= 0.3 is 0 Å². The predicted molar refractivity (Wildman–Crippen MR) is 58.1 cm³/mol. The Kier molecular flexibility index (Phi) is 3.55. The van der Waals surface area contributed by atoms with E-state index in [0.29, 0.717) is 32.3 Å². The minimum atomic E-state index is -0.644. The highest BCUT2D eigenvalue weighted by atomic mass is 16.5. The maximum absolute atomic E-state index is 10.7. The van der Waals surface area contributed by atoms with Crippen LogP contribution in [-0.4, -0.2) is 42.4 Å². The Labute approximate surface area is 97.9 Å². The molecule has 1 unspecified atom stereocenters. The Morgan fingerprint density at radius 3 is 2.82 bits per heavy atom. The molecule has 1 aliphatic rings. The summed E-state index contributed by atoms with van der Waals surface area (Å²) in [6.07, 6.45) is -0.00918. The molecule has 4 N–H and O–H groups in total. The second kappa shape index (κ2) is 5.11. The molecule has 0 spiro atoms. The van der Waals surface area contributed by atoms with Gasteiger partial charge in [0.15, 0.2) is 0 Å². The van der Waals surface area contributed by atoms with Crippen molar-refractivity contribution in [3.63, 3.8) is 0 Å².